The summed E-state index contributed by atoms with van der Waals surface area (Å²) in [6.07, 6.45) is 5.10. The van der Waals surface area contributed by atoms with Crippen LogP contribution in [0.15, 0.2) is 0 Å². The Morgan fingerprint density at radius 1 is 1.18 bits per heavy atom. The second-order valence-corrected chi connectivity index (χ2v) is 6.79. The number of likely N-dealkylation sites (tertiary alicyclic amines) is 1. The van der Waals surface area contributed by atoms with E-state index in [4.69, 9.17) is 0 Å². The zero-order valence-electron chi connectivity index (χ0n) is 13.9. The molecule has 1 aliphatic carbocycles. The Hall–Kier alpha value is -1.10. The summed E-state index contributed by atoms with van der Waals surface area (Å²) < 4.78 is 0. The van der Waals surface area contributed by atoms with Crippen LogP contribution in [0.2, 0.25) is 0 Å². The van der Waals surface area contributed by atoms with Crippen LogP contribution in [0.4, 0.5) is 0 Å². The smallest absolute Gasteiger partial charge is 0.225 e. The molecule has 2 fully saturated rings. The molecule has 5 nitrogen and oxygen atoms in total. The molecular formula is C17H30N2O3. The Bertz CT molecular complexity index is 391. The summed E-state index contributed by atoms with van der Waals surface area (Å²) in [4.78, 5) is 26.3. The lowest BCUT2D eigenvalue weighted by Crippen LogP contribution is -2.47. The molecule has 0 aromatic carbocycles. The zero-order chi connectivity index (χ0) is 16.1. The maximum Gasteiger partial charge on any atom is 0.225 e. The van der Waals surface area contributed by atoms with Gasteiger partial charge in [0, 0.05) is 25.6 Å². The molecule has 1 aliphatic heterocycles. The molecule has 0 bridgehead atoms. The van der Waals surface area contributed by atoms with Gasteiger partial charge in [-0.05, 0) is 31.6 Å². The minimum Gasteiger partial charge on any atom is -0.391 e. The second-order valence-electron chi connectivity index (χ2n) is 6.79. The number of carbonyl (C=O) groups excluding carboxylic acids is 2. The molecule has 0 aromatic rings. The first-order valence-corrected chi connectivity index (χ1v) is 8.81. The van der Waals surface area contributed by atoms with E-state index in [1.807, 2.05) is 4.90 Å². The third kappa shape index (κ3) is 4.45. The van der Waals surface area contributed by atoms with Gasteiger partial charge in [-0.1, -0.05) is 26.7 Å². The molecule has 2 N–H and O–H groups in total. The number of carbonyl (C=O) groups is 2. The molecule has 2 rings (SSSR count). The highest BCUT2D eigenvalue weighted by atomic mass is 16.3. The molecule has 126 valence electrons. The van der Waals surface area contributed by atoms with Crippen molar-refractivity contribution in [1.82, 2.24) is 10.2 Å². The van der Waals surface area contributed by atoms with E-state index in [1.54, 1.807) is 0 Å². The monoisotopic (exact) mass is 310 g/mol. The van der Waals surface area contributed by atoms with Gasteiger partial charge in [-0.3, -0.25) is 9.59 Å². The quantitative estimate of drug-likeness (QED) is 0.749. The third-order valence-corrected chi connectivity index (χ3v) is 5.11. The van der Waals surface area contributed by atoms with Gasteiger partial charge in [0.05, 0.1) is 12.0 Å². The van der Waals surface area contributed by atoms with Gasteiger partial charge in [0.15, 0.2) is 0 Å². The molecule has 1 saturated heterocycles. The largest absolute Gasteiger partial charge is 0.391 e. The van der Waals surface area contributed by atoms with Crippen LogP contribution in [0.1, 0.15) is 52.4 Å². The van der Waals surface area contributed by atoms with E-state index < -0.39 is 6.10 Å². The fourth-order valence-corrected chi connectivity index (χ4v) is 3.33. The van der Waals surface area contributed by atoms with Crippen molar-refractivity contribution in [3.63, 3.8) is 0 Å². The molecule has 0 radical (unpaired) electrons. The SMILES string of the molecule is CCC(CC)C(O)CNC(=O)C1CCCN(C(=O)C2CC2)C1. The van der Waals surface area contributed by atoms with Crippen LogP contribution in [0, 0.1) is 17.8 Å². The average Bonchev–Trinajstić information content (AvgIpc) is 3.38. The molecule has 2 unspecified atom stereocenters. The predicted octanol–water partition coefficient (Wildman–Crippen LogP) is 1.55. The third-order valence-electron chi connectivity index (χ3n) is 5.11. The Morgan fingerprint density at radius 3 is 2.45 bits per heavy atom. The van der Waals surface area contributed by atoms with Gasteiger partial charge in [-0.15, -0.1) is 0 Å². The number of aliphatic hydroxyl groups excluding tert-OH is 1. The average molecular weight is 310 g/mol. The molecule has 1 heterocycles. The number of amides is 2. The van der Waals surface area contributed by atoms with Crippen molar-refractivity contribution in [3.05, 3.63) is 0 Å². The maximum atomic E-state index is 12.3. The number of rotatable bonds is 7. The fourth-order valence-electron chi connectivity index (χ4n) is 3.33. The number of hydrogen-bond donors (Lipinski definition) is 2. The lowest BCUT2D eigenvalue weighted by molar-refractivity contribution is -0.137. The van der Waals surface area contributed by atoms with Crippen LogP contribution in [0.3, 0.4) is 0 Å². The van der Waals surface area contributed by atoms with Crippen molar-refractivity contribution in [3.8, 4) is 0 Å². The van der Waals surface area contributed by atoms with E-state index in [0.29, 0.717) is 13.1 Å². The Balaban J connectivity index is 1.77. The zero-order valence-corrected chi connectivity index (χ0v) is 13.9. The molecule has 22 heavy (non-hydrogen) atoms. The Kier molecular flexibility index (Phi) is 6.24. The van der Waals surface area contributed by atoms with Gasteiger partial charge in [0.2, 0.25) is 11.8 Å². The summed E-state index contributed by atoms with van der Waals surface area (Å²) in [7, 11) is 0. The lowest BCUT2D eigenvalue weighted by Gasteiger charge is -2.32. The van der Waals surface area contributed by atoms with E-state index in [9.17, 15) is 14.7 Å². The summed E-state index contributed by atoms with van der Waals surface area (Å²) in [5.41, 5.74) is 0. The second kappa shape index (κ2) is 7.95. The van der Waals surface area contributed by atoms with Crippen LogP contribution >= 0.6 is 0 Å². The summed E-state index contributed by atoms with van der Waals surface area (Å²) in [5.74, 6) is 0.552. The minimum atomic E-state index is -0.480. The predicted molar refractivity (Wildman–Crippen MR) is 85.1 cm³/mol. The van der Waals surface area contributed by atoms with Crippen molar-refractivity contribution in [1.29, 1.82) is 0 Å². The Morgan fingerprint density at radius 2 is 1.86 bits per heavy atom. The number of aliphatic hydroxyl groups is 1. The minimum absolute atomic E-state index is 0.0155. The van der Waals surface area contributed by atoms with Gasteiger partial charge in [0.1, 0.15) is 0 Å². The van der Waals surface area contributed by atoms with Crippen molar-refractivity contribution in [2.24, 2.45) is 17.8 Å². The van der Waals surface area contributed by atoms with Crippen molar-refractivity contribution >= 4 is 11.8 Å². The normalized spacial score (nSPS) is 23.5. The maximum absolute atomic E-state index is 12.3. The summed E-state index contributed by atoms with van der Waals surface area (Å²) >= 11 is 0. The van der Waals surface area contributed by atoms with E-state index in [0.717, 1.165) is 45.1 Å². The molecular weight excluding hydrogens is 280 g/mol. The first kappa shape index (κ1) is 17.3. The van der Waals surface area contributed by atoms with Gasteiger partial charge in [0.25, 0.3) is 0 Å². The molecule has 2 amide bonds. The van der Waals surface area contributed by atoms with Crippen molar-refractivity contribution in [2.75, 3.05) is 19.6 Å². The molecule has 0 spiro atoms. The molecule has 2 atom stereocenters. The van der Waals surface area contributed by atoms with E-state index >= 15 is 0 Å². The standard InChI is InChI=1S/C17H30N2O3/c1-3-12(4-2)15(20)10-18-16(21)14-6-5-9-19(11-14)17(22)13-7-8-13/h12-15,20H,3-11H2,1-2H3,(H,18,21). The van der Waals surface area contributed by atoms with Crippen LogP contribution in [-0.4, -0.2) is 47.6 Å². The first-order chi connectivity index (χ1) is 10.6. The highest BCUT2D eigenvalue weighted by Crippen LogP contribution is 2.32. The van der Waals surface area contributed by atoms with Crippen LogP contribution in [0.25, 0.3) is 0 Å². The van der Waals surface area contributed by atoms with E-state index in [-0.39, 0.29) is 29.6 Å². The van der Waals surface area contributed by atoms with E-state index in [2.05, 4.69) is 19.2 Å². The van der Waals surface area contributed by atoms with Crippen LogP contribution < -0.4 is 5.32 Å². The molecule has 1 saturated carbocycles. The highest BCUT2D eigenvalue weighted by molar-refractivity contribution is 5.83. The lowest BCUT2D eigenvalue weighted by atomic mass is 9.95. The topological polar surface area (TPSA) is 69.6 Å². The van der Waals surface area contributed by atoms with Gasteiger partial charge in [-0.2, -0.15) is 0 Å². The van der Waals surface area contributed by atoms with Crippen LogP contribution in [0.5, 0.6) is 0 Å². The Labute approximate surface area is 133 Å². The molecule has 2 aliphatic rings. The molecule has 0 aromatic heterocycles. The summed E-state index contributed by atoms with van der Waals surface area (Å²) in [6.45, 7) is 5.76. The van der Waals surface area contributed by atoms with Gasteiger partial charge < -0.3 is 15.3 Å². The van der Waals surface area contributed by atoms with Crippen molar-refractivity contribution < 1.29 is 14.7 Å². The number of piperidine rings is 1. The van der Waals surface area contributed by atoms with E-state index in [1.165, 1.54) is 0 Å². The number of nitrogens with zero attached hydrogens (tertiary/aromatic N) is 1. The highest BCUT2D eigenvalue weighted by Gasteiger charge is 2.36. The van der Waals surface area contributed by atoms with Crippen molar-refractivity contribution in [2.45, 2.75) is 58.5 Å². The number of hydrogen-bond acceptors (Lipinski definition) is 3. The summed E-state index contributed by atoms with van der Waals surface area (Å²) in [5, 5.41) is 13.0. The first-order valence-electron chi connectivity index (χ1n) is 8.81. The number of nitrogens with one attached hydrogen (secondary N) is 1. The molecule has 5 heteroatoms. The fraction of sp³-hybridized carbons (Fsp3) is 0.882. The van der Waals surface area contributed by atoms with Gasteiger partial charge >= 0.3 is 0 Å². The van der Waals surface area contributed by atoms with Crippen LogP contribution in [-0.2, 0) is 9.59 Å². The van der Waals surface area contributed by atoms with Gasteiger partial charge in [-0.25, -0.2) is 0 Å². The summed E-state index contributed by atoms with van der Waals surface area (Å²) in [6, 6.07) is 0.